The number of anilines is 1. The van der Waals surface area contributed by atoms with Crippen molar-refractivity contribution in [3.05, 3.63) is 29.3 Å². The minimum absolute atomic E-state index is 0.0198. The minimum atomic E-state index is -0.388. The first-order chi connectivity index (χ1) is 11.0. The summed E-state index contributed by atoms with van der Waals surface area (Å²) in [5.41, 5.74) is 9.21. The normalized spacial score (nSPS) is 15.9. The molecule has 23 heavy (non-hydrogen) atoms. The number of nitrogens with two attached hydrogens (primary N) is 1. The molecule has 126 valence electrons. The molecule has 2 rings (SSSR count). The third-order valence-corrected chi connectivity index (χ3v) is 3.72. The Labute approximate surface area is 137 Å². The summed E-state index contributed by atoms with van der Waals surface area (Å²) in [5.74, 6) is 0.823. The van der Waals surface area contributed by atoms with Crippen LogP contribution in [0.3, 0.4) is 0 Å². The molecule has 1 aromatic carbocycles. The summed E-state index contributed by atoms with van der Waals surface area (Å²) in [5, 5.41) is 5.97. The number of alkyl carbamates (subject to hydrolysis) is 1. The Hall–Kier alpha value is -2.24. The van der Waals surface area contributed by atoms with Crippen LogP contribution in [0.1, 0.15) is 30.9 Å². The minimum Gasteiger partial charge on any atom is -0.450 e. The van der Waals surface area contributed by atoms with Crippen molar-refractivity contribution >= 4 is 17.7 Å². The lowest BCUT2D eigenvalue weighted by molar-refractivity contribution is 0.147. The third kappa shape index (κ3) is 5.81. The predicted octanol–water partition coefficient (Wildman–Crippen LogP) is 2.55. The van der Waals surface area contributed by atoms with Crippen LogP contribution in [0.2, 0.25) is 0 Å². The molecule has 6 heteroatoms. The van der Waals surface area contributed by atoms with Crippen molar-refractivity contribution in [2.24, 2.45) is 16.6 Å². The fourth-order valence-corrected chi connectivity index (χ4v) is 2.57. The SMILES string of the molecule is CCOC(=O)NC(CN=C(N)Nc1cc(C)cc(C)c1)C1CC1. The fourth-order valence-electron chi connectivity index (χ4n) is 2.57. The maximum Gasteiger partial charge on any atom is 0.407 e. The maximum atomic E-state index is 11.6. The van der Waals surface area contributed by atoms with Gasteiger partial charge in [0.05, 0.1) is 19.2 Å². The molecule has 1 aliphatic carbocycles. The largest absolute Gasteiger partial charge is 0.450 e. The quantitative estimate of drug-likeness (QED) is 0.555. The Bertz CT molecular complexity index is 562. The van der Waals surface area contributed by atoms with Gasteiger partial charge in [0, 0.05) is 5.69 Å². The van der Waals surface area contributed by atoms with Crippen LogP contribution < -0.4 is 16.4 Å². The van der Waals surface area contributed by atoms with Crippen LogP contribution in [0.4, 0.5) is 10.5 Å². The number of benzene rings is 1. The summed E-state index contributed by atoms with van der Waals surface area (Å²) in [6, 6.07) is 6.12. The van der Waals surface area contributed by atoms with E-state index in [9.17, 15) is 4.79 Å². The number of nitrogens with zero attached hydrogens (tertiary/aromatic N) is 1. The Morgan fingerprint density at radius 2 is 2.00 bits per heavy atom. The molecule has 0 spiro atoms. The van der Waals surface area contributed by atoms with E-state index in [1.54, 1.807) is 6.92 Å². The molecule has 1 aliphatic rings. The van der Waals surface area contributed by atoms with Gasteiger partial charge >= 0.3 is 6.09 Å². The van der Waals surface area contributed by atoms with Gasteiger partial charge < -0.3 is 21.1 Å². The Balaban J connectivity index is 1.92. The summed E-state index contributed by atoms with van der Waals surface area (Å²) in [7, 11) is 0. The van der Waals surface area contributed by atoms with Gasteiger partial charge in [-0.15, -0.1) is 0 Å². The molecule has 1 fully saturated rings. The van der Waals surface area contributed by atoms with E-state index in [0.29, 0.717) is 25.0 Å². The van der Waals surface area contributed by atoms with Gasteiger partial charge in [-0.2, -0.15) is 0 Å². The lowest BCUT2D eigenvalue weighted by atomic mass is 10.1. The molecule has 0 bridgehead atoms. The van der Waals surface area contributed by atoms with Gasteiger partial charge in [0.2, 0.25) is 0 Å². The number of carbonyl (C=O) groups is 1. The topological polar surface area (TPSA) is 88.7 Å². The number of rotatable bonds is 6. The maximum absolute atomic E-state index is 11.6. The summed E-state index contributed by atoms with van der Waals surface area (Å²) >= 11 is 0. The Morgan fingerprint density at radius 1 is 1.35 bits per heavy atom. The highest BCUT2D eigenvalue weighted by Crippen LogP contribution is 2.32. The van der Waals surface area contributed by atoms with Gasteiger partial charge in [-0.05, 0) is 62.8 Å². The van der Waals surface area contributed by atoms with Crippen molar-refractivity contribution in [2.45, 2.75) is 39.7 Å². The smallest absolute Gasteiger partial charge is 0.407 e. The van der Waals surface area contributed by atoms with E-state index in [2.05, 4.69) is 21.7 Å². The molecule has 1 saturated carbocycles. The second-order valence-electron chi connectivity index (χ2n) is 6.04. The molecule has 1 atom stereocenters. The van der Waals surface area contributed by atoms with Crippen molar-refractivity contribution in [3.8, 4) is 0 Å². The molecule has 1 amide bonds. The molecule has 1 unspecified atom stereocenters. The van der Waals surface area contributed by atoms with Crippen LogP contribution in [0.25, 0.3) is 0 Å². The number of hydrogen-bond acceptors (Lipinski definition) is 3. The average Bonchev–Trinajstić information content (AvgIpc) is 3.27. The van der Waals surface area contributed by atoms with Gasteiger partial charge in [-0.25, -0.2) is 4.79 Å². The van der Waals surface area contributed by atoms with Gasteiger partial charge in [-0.3, -0.25) is 4.99 Å². The number of guanidine groups is 1. The molecular weight excluding hydrogens is 292 g/mol. The highest BCUT2D eigenvalue weighted by Gasteiger charge is 2.32. The molecule has 0 heterocycles. The number of aryl methyl sites for hydroxylation is 2. The van der Waals surface area contributed by atoms with E-state index in [1.807, 2.05) is 26.0 Å². The van der Waals surface area contributed by atoms with Crippen LogP contribution in [-0.2, 0) is 4.74 Å². The monoisotopic (exact) mass is 318 g/mol. The Morgan fingerprint density at radius 3 is 2.57 bits per heavy atom. The first-order valence-corrected chi connectivity index (χ1v) is 8.06. The zero-order valence-electron chi connectivity index (χ0n) is 14.1. The van der Waals surface area contributed by atoms with Crippen molar-refractivity contribution in [2.75, 3.05) is 18.5 Å². The number of amides is 1. The number of aliphatic imine (C=N–C) groups is 1. The Kier molecular flexibility index (Phi) is 5.84. The second-order valence-corrected chi connectivity index (χ2v) is 6.04. The summed E-state index contributed by atoms with van der Waals surface area (Å²) < 4.78 is 4.93. The summed E-state index contributed by atoms with van der Waals surface area (Å²) in [6.07, 6.45) is 1.83. The lowest BCUT2D eigenvalue weighted by Crippen LogP contribution is -2.39. The molecule has 6 nitrogen and oxygen atoms in total. The van der Waals surface area contributed by atoms with E-state index in [1.165, 1.54) is 11.1 Å². The van der Waals surface area contributed by atoms with E-state index >= 15 is 0 Å². The highest BCUT2D eigenvalue weighted by molar-refractivity contribution is 5.92. The molecule has 4 N–H and O–H groups in total. The molecule has 1 aromatic rings. The second kappa shape index (κ2) is 7.85. The van der Waals surface area contributed by atoms with E-state index in [4.69, 9.17) is 10.5 Å². The van der Waals surface area contributed by atoms with Crippen molar-refractivity contribution in [1.82, 2.24) is 5.32 Å². The van der Waals surface area contributed by atoms with Crippen molar-refractivity contribution in [1.29, 1.82) is 0 Å². The van der Waals surface area contributed by atoms with Crippen LogP contribution in [0.5, 0.6) is 0 Å². The van der Waals surface area contributed by atoms with Crippen LogP contribution >= 0.6 is 0 Å². The van der Waals surface area contributed by atoms with E-state index in [-0.39, 0.29) is 12.1 Å². The van der Waals surface area contributed by atoms with Crippen molar-refractivity contribution < 1.29 is 9.53 Å². The summed E-state index contributed by atoms with van der Waals surface area (Å²) in [6.45, 7) is 6.68. The van der Waals surface area contributed by atoms with Crippen molar-refractivity contribution in [3.63, 3.8) is 0 Å². The molecular formula is C17H26N4O2. The molecule has 0 aromatic heterocycles. The molecule has 0 saturated heterocycles. The first-order valence-electron chi connectivity index (χ1n) is 8.06. The average molecular weight is 318 g/mol. The zero-order valence-corrected chi connectivity index (χ0v) is 14.1. The number of ether oxygens (including phenoxy) is 1. The van der Waals surface area contributed by atoms with E-state index < -0.39 is 0 Å². The number of nitrogens with one attached hydrogen (secondary N) is 2. The fraction of sp³-hybridized carbons (Fsp3) is 0.529. The lowest BCUT2D eigenvalue weighted by Gasteiger charge is -2.16. The third-order valence-electron chi connectivity index (χ3n) is 3.72. The zero-order chi connectivity index (χ0) is 16.8. The highest BCUT2D eigenvalue weighted by atomic mass is 16.5. The van der Waals surface area contributed by atoms with E-state index in [0.717, 1.165) is 18.5 Å². The van der Waals surface area contributed by atoms with Gasteiger partial charge in [0.15, 0.2) is 5.96 Å². The standard InChI is InChI=1S/C17H26N4O2/c1-4-23-17(22)21-15(13-5-6-13)10-19-16(18)20-14-8-11(2)7-12(3)9-14/h7-9,13,15H,4-6,10H2,1-3H3,(H,21,22)(H3,18,19,20). The van der Waals surface area contributed by atoms with Crippen LogP contribution in [0, 0.1) is 19.8 Å². The van der Waals surface area contributed by atoms with Gasteiger partial charge in [0.25, 0.3) is 0 Å². The molecule has 0 radical (unpaired) electrons. The molecule has 0 aliphatic heterocycles. The first kappa shape index (κ1) is 17.1. The summed E-state index contributed by atoms with van der Waals surface area (Å²) in [4.78, 5) is 15.9. The predicted molar refractivity (Wildman–Crippen MR) is 92.7 cm³/mol. The van der Waals surface area contributed by atoms with Crippen LogP contribution in [-0.4, -0.2) is 31.2 Å². The number of carbonyl (C=O) groups excluding carboxylic acids is 1. The number of hydrogen-bond donors (Lipinski definition) is 3. The van der Waals surface area contributed by atoms with Gasteiger partial charge in [0.1, 0.15) is 0 Å². The van der Waals surface area contributed by atoms with Gasteiger partial charge in [-0.1, -0.05) is 6.07 Å². The van der Waals surface area contributed by atoms with Crippen LogP contribution in [0.15, 0.2) is 23.2 Å².